The lowest BCUT2D eigenvalue weighted by Crippen LogP contribution is -2.32. The van der Waals surface area contributed by atoms with Crippen molar-refractivity contribution in [2.75, 3.05) is 0 Å². The molecule has 80 valence electrons. The summed E-state index contributed by atoms with van der Waals surface area (Å²) >= 11 is 0. The fraction of sp³-hybridized carbons (Fsp3) is 0.727. The highest BCUT2D eigenvalue weighted by Gasteiger charge is 2.25. The summed E-state index contributed by atoms with van der Waals surface area (Å²) < 4.78 is 0. The number of aliphatic carboxylic acids is 1. The topological polar surface area (TPSA) is 49.3 Å². The molecule has 1 aliphatic rings. The predicted octanol–water partition coefficient (Wildman–Crippen LogP) is 2.14. The van der Waals surface area contributed by atoms with Crippen LogP contribution in [0, 0.1) is 5.41 Å². The van der Waals surface area contributed by atoms with Gasteiger partial charge in [-0.25, -0.2) is 4.79 Å². The highest BCUT2D eigenvalue weighted by molar-refractivity contribution is 5.79. The number of nitrogens with one attached hydrogen (secondary N) is 1. The molecule has 0 aromatic heterocycles. The van der Waals surface area contributed by atoms with Gasteiger partial charge >= 0.3 is 5.97 Å². The second kappa shape index (κ2) is 4.49. The lowest BCUT2D eigenvalue weighted by molar-refractivity contribution is -0.131. The normalized spacial score (nSPS) is 22.4. The molecule has 0 aliphatic heterocycles. The lowest BCUT2D eigenvalue weighted by Gasteiger charge is -2.34. The van der Waals surface area contributed by atoms with Crippen LogP contribution in [0.2, 0.25) is 0 Å². The molecule has 1 rings (SSSR count). The molecular formula is C11H19NO2. The van der Waals surface area contributed by atoms with Gasteiger partial charge < -0.3 is 10.4 Å². The van der Waals surface area contributed by atoms with Crippen LogP contribution in [0.15, 0.2) is 12.3 Å². The first-order valence-electron chi connectivity index (χ1n) is 5.15. The second-order valence-corrected chi connectivity index (χ2v) is 4.78. The molecule has 0 atom stereocenters. The van der Waals surface area contributed by atoms with Crippen molar-refractivity contribution < 1.29 is 9.90 Å². The Morgan fingerprint density at radius 3 is 2.50 bits per heavy atom. The van der Waals surface area contributed by atoms with Crippen molar-refractivity contribution >= 4 is 5.97 Å². The first-order valence-corrected chi connectivity index (χ1v) is 5.15. The smallest absolute Gasteiger partial charge is 0.329 e. The molecule has 0 amide bonds. The van der Waals surface area contributed by atoms with E-state index in [-0.39, 0.29) is 0 Å². The molecule has 3 heteroatoms. The van der Waals surface area contributed by atoms with E-state index in [0.717, 1.165) is 18.9 Å². The van der Waals surface area contributed by atoms with Crippen molar-refractivity contribution in [3.05, 3.63) is 12.3 Å². The van der Waals surface area contributed by atoms with Crippen molar-refractivity contribution in [3.8, 4) is 0 Å². The third-order valence-corrected chi connectivity index (χ3v) is 2.90. The Morgan fingerprint density at radius 1 is 1.43 bits per heavy atom. The number of rotatable bonds is 3. The van der Waals surface area contributed by atoms with Crippen molar-refractivity contribution in [2.24, 2.45) is 5.41 Å². The van der Waals surface area contributed by atoms with E-state index in [9.17, 15) is 4.79 Å². The molecule has 0 radical (unpaired) electrons. The quantitative estimate of drug-likeness (QED) is 0.681. The van der Waals surface area contributed by atoms with Crippen molar-refractivity contribution in [3.63, 3.8) is 0 Å². The minimum Gasteiger partial charge on any atom is -0.478 e. The van der Waals surface area contributed by atoms with Gasteiger partial charge in [0.05, 0.1) is 0 Å². The van der Waals surface area contributed by atoms with E-state index in [1.54, 1.807) is 6.20 Å². The number of carboxylic acid groups (broad SMARTS) is 1. The maximum Gasteiger partial charge on any atom is 0.329 e. The van der Waals surface area contributed by atoms with Gasteiger partial charge in [-0.1, -0.05) is 13.8 Å². The Labute approximate surface area is 85.2 Å². The molecule has 1 saturated carbocycles. The van der Waals surface area contributed by atoms with E-state index in [1.807, 2.05) is 0 Å². The summed E-state index contributed by atoms with van der Waals surface area (Å²) in [5.41, 5.74) is 0.467. The van der Waals surface area contributed by atoms with E-state index in [2.05, 4.69) is 19.2 Å². The molecule has 0 saturated heterocycles. The fourth-order valence-corrected chi connectivity index (χ4v) is 1.82. The van der Waals surface area contributed by atoms with E-state index >= 15 is 0 Å². The largest absolute Gasteiger partial charge is 0.478 e. The van der Waals surface area contributed by atoms with Crippen molar-refractivity contribution in [2.45, 2.75) is 45.6 Å². The SMILES string of the molecule is CC1(C)CCC(N/C=C/C(=O)O)CC1. The molecule has 2 N–H and O–H groups in total. The summed E-state index contributed by atoms with van der Waals surface area (Å²) in [5.74, 6) is -0.895. The summed E-state index contributed by atoms with van der Waals surface area (Å²) in [6.07, 6.45) is 7.40. The van der Waals surface area contributed by atoms with E-state index in [1.165, 1.54) is 12.8 Å². The van der Waals surface area contributed by atoms with Crippen molar-refractivity contribution in [1.82, 2.24) is 5.32 Å². The van der Waals surface area contributed by atoms with Gasteiger partial charge in [0.25, 0.3) is 0 Å². The number of hydrogen-bond acceptors (Lipinski definition) is 2. The van der Waals surface area contributed by atoms with Gasteiger partial charge in [0, 0.05) is 18.3 Å². The van der Waals surface area contributed by atoms with Gasteiger partial charge in [-0.15, -0.1) is 0 Å². The third kappa shape index (κ3) is 3.81. The van der Waals surface area contributed by atoms with Gasteiger partial charge in [-0.05, 0) is 31.1 Å². The van der Waals surface area contributed by atoms with E-state index in [4.69, 9.17) is 5.11 Å². The molecule has 0 unspecified atom stereocenters. The summed E-state index contributed by atoms with van der Waals surface area (Å²) in [6, 6.07) is 0.457. The van der Waals surface area contributed by atoms with Crippen LogP contribution >= 0.6 is 0 Å². The fourth-order valence-electron chi connectivity index (χ4n) is 1.82. The highest BCUT2D eigenvalue weighted by atomic mass is 16.4. The van der Waals surface area contributed by atoms with Crippen LogP contribution in [-0.4, -0.2) is 17.1 Å². The number of carbonyl (C=O) groups is 1. The van der Waals surface area contributed by atoms with Crippen LogP contribution in [0.5, 0.6) is 0 Å². The summed E-state index contributed by atoms with van der Waals surface area (Å²) in [6.45, 7) is 4.58. The van der Waals surface area contributed by atoms with Crippen LogP contribution in [0.25, 0.3) is 0 Å². The Hall–Kier alpha value is -0.990. The van der Waals surface area contributed by atoms with Crippen LogP contribution in [-0.2, 0) is 4.79 Å². The molecule has 0 aromatic rings. The highest BCUT2D eigenvalue weighted by Crippen LogP contribution is 2.34. The zero-order chi connectivity index (χ0) is 10.6. The zero-order valence-electron chi connectivity index (χ0n) is 8.92. The molecule has 0 bridgehead atoms. The summed E-state index contributed by atoms with van der Waals surface area (Å²) in [7, 11) is 0. The summed E-state index contributed by atoms with van der Waals surface area (Å²) in [5, 5.41) is 11.5. The van der Waals surface area contributed by atoms with Crippen LogP contribution < -0.4 is 5.32 Å². The predicted molar refractivity (Wildman–Crippen MR) is 55.9 cm³/mol. The Bertz CT molecular complexity index is 223. The van der Waals surface area contributed by atoms with E-state index < -0.39 is 5.97 Å². The van der Waals surface area contributed by atoms with Gasteiger partial charge in [0.15, 0.2) is 0 Å². The Kier molecular flexibility index (Phi) is 3.55. The monoisotopic (exact) mass is 197 g/mol. The zero-order valence-corrected chi connectivity index (χ0v) is 8.92. The molecule has 0 heterocycles. The standard InChI is InChI=1S/C11H19NO2/c1-11(2)6-3-9(4-7-11)12-8-5-10(13)14/h5,8-9,12H,3-4,6-7H2,1-2H3,(H,13,14)/b8-5+. The summed E-state index contributed by atoms with van der Waals surface area (Å²) in [4.78, 5) is 10.2. The minimum absolute atomic E-state index is 0.457. The Balaban J connectivity index is 2.26. The van der Waals surface area contributed by atoms with Gasteiger partial charge in [0.2, 0.25) is 0 Å². The average molecular weight is 197 g/mol. The molecule has 14 heavy (non-hydrogen) atoms. The second-order valence-electron chi connectivity index (χ2n) is 4.78. The third-order valence-electron chi connectivity index (χ3n) is 2.90. The van der Waals surface area contributed by atoms with Crippen LogP contribution in [0.3, 0.4) is 0 Å². The van der Waals surface area contributed by atoms with Crippen molar-refractivity contribution in [1.29, 1.82) is 0 Å². The molecule has 3 nitrogen and oxygen atoms in total. The molecule has 0 spiro atoms. The van der Waals surface area contributed by atoms with Gasteiger partial charge in [-0.2, -0.15) is 0 Å². The molecule has 1 fully saturated rings. The first-order chi connectivity index (χ1) is 6.49. The minimum atomic E-state index is -0.895. The van der Waals surface area contributed by atoms with E-state index in [0.29, 0.717) is 11.5 Å². The maximum atomic E-state index is 10.2. The first kappa shape index (κ1) is 11.1. The number of hydrogen-bond donors (Lipinski definition) is 2. The lowest BCUT2D eigenvalue weighted by atomic mass is 9.76. The van der Waals surface area contributed by atoms with Crippen LogP contribution in [0.4, 0.5) is 0 Å². The molecule has 0 aromatic carbocycles. The number of carboxylic acids is 1. The maximum absolute atomic E-state index is 10.2. The molecular weight excluding hydrogens is 178 g/mol. The average Bonchev–Trinajstić information content (AvgIpc) is 2.07. The van der Waals surface area contributed by atoms with Gasteiger partial charge in [0.1, 0.15) is 0 Å². The van der Waals surface area contributed by atoms with Crippen LogP contribution in [0.1, 0.15) is 39.5 Å². The van der Waals surface area contributed by atoms with Gasteiger partial charge in [-0.3, -0.25) is 0 Å². The molecule has 1 aliphatic carbocycles. The Morgan fingerprint density at radius 2 is 2.00 bits per heavy atom.